The minimum Gasteiger partial charge on any atom is -0.278 e. The average Bonchev–Trinajstić information content (AvgIpc) is 3.76. The quantitative estimate of drug-likeness (QED) is 0.179. The van der Waals surface area contributed by atoms with Crippen LogP contribution in [-0.2, 0) is 5.41 Å². The number of hydrogen-bond donors (Lipinski definition) is 0. The summed E-state index contributed by atoms with van der Waals surface area (Å²) in [5.74, 6) is 2.38. The fourth-order valence-corrected chi connectivity index (χ4v) is 11.4. The first-order valence-electron chi connectivity index (χ1n) is 20.3. The summed E-state index contributed by atoms with van der Waals surface area (Å²) >= 11 is 1.96. The van der Waals surface area contributed by atoms with Gasteiger partial charge in [0.15, 0.2) is 11.6 Å². The van der Waals surface area contributed by atoms with E-state index in [1.807, 2.05) is 36.0 Å². The molecular weight excluding hydrogens is 725 g/mol. The Balaban J connectivity index is 1.12. The molecule has 2 atom stereocenters. The summed E-state index contributed by atoms with van der Waals surface area (Å²) < 4.78 is 2.27. The summed E-state index contributed by atoms with van der Waals surface area (Å²) in [6, 6.07) is 52.2. The molecule has 2 aromatic heterocycles. The zero-order chi connectivity index (χ0) is 38.4. The van der Waals surface area contributed by atoms with Crippen molar-refractivity contribution in [3.05, 3.63) is 203 Å². The SMILES string of the molecule is CC1C=CC2=C(C1)Sc1cc3c(cc1C21C2=C(CCC=C2)c2ccccc21)c1ccccc1n3-c1nc(-c2ccccc2)nc(-c2ccc(-c3ccccc3)cc2)n1. The Kier molecular flexibility index (Phi) is 7.52. The molecule has 0 radical (unpaired) electrons. The van der Waals surface area contributed by atoms with Gasteiger partial charge in [-0.05, 0) is 92.8 Å². The Morgan fingerprint density at radius 1 is 0.603 bits per heavy atom. The molecule has 12 rings (SSSR count). The van der Waals surface area contributed by atoms with E-state index in [0.717, 1.165) is 47.0 Å². The third-order valence-corrected chi connectivity index (χ3v) is 13.7. The van der Waals surface area contributed by atoms with Gasteiger partial charge in [-0.15, -0.1) is 0 Å². The highest BCUT2D eigenvalue weighted by molar-refractivity contribution is 8.03. The van der Waals surface area contributed by atoms with E-state index in [9.17, 15) is 0 Å². The van der Waals surface area contributed by atoms with Crippen molar-refractivity contribution >= 4 is 39.1 Å². The lowest BCUT2D eigenvalue weighted by molar-refractivity contribution is 0.668. The maximum atomic E-state index is 5.32. The Morgan fingerprint density at radius 3 is 2.09 bits per heavy atom. The first kappa shape index (κ1) is 33.6. The highest BCUT2D eigenvalue weighted by atomic mass is 32.2. The lowest BCUT2D eigenvalue weighted by atomic mass is 9.64. The van der Waals surface area contributed by atoms with E-state index in [-0.39, 0.29) is 5.41 Å². The lowest BCUT2D eigenvalue weighted by Crippen LogP contribution is -2.34. The molecule has 1 spiro atoms. The normalized spacial score (nSPS) is 19.2. The maximum absolute atomic E-state index is 5.32. The Labute approximate surface area is 342 Å². The second-order valence-electron chi connectivity index (χ2n) is 15.9. The summed E-state index contributed by atoms with van der Waals surface area (Å²) in [6.07, 6.45) is 12.9. The van der Waals surface area contributed by atoms with Gasteiger partial charge in [-0.25, -0.2) is 4.98 Å². The molecule has 3 heterocycles. The zero-order valence-corrected chi connectivity index (χ0v) is 32.9. The number of thioether (sulfide) groups is 1. The van der Waals surface area contributed by atoms with Gasteiger partial charge in [0.25, 0.3) is 0 Å². The standard InChI is InChI=1S/C53H38N4S/c1-33-24-29-44-48(30-33)58-49-32-47-41(31-45(49)53(44)42-21-11-8-18-38(42)39-19-9-12-22-43(39)53)40-20-10-13-23-46(40)57(47)52-55-50(36-16-6-3-7-17-36)54-51(56-52)37-27-25-35(26-28-37)34-14-4-2-5-15-34/h2-8,10-18,20-29,31-33H,9,19,30H2,1H3. The van der Waals surface area contributed by atoms with Crippen LogP contribution in [0, 0.1) is 5.92 Å². The molecule has 4 nitrogen and oxygen atoms in total. The number of fused-ring (bicyclic) bond motifs is 10. The van der Waals surface area contributed by atoms with Crippen molar-refractivity contribution in [2.24, 2.45) is 5.92 Å². The molecule has 0 N–H and O–H groups in total. The van der Waals surface area contributed by atoms with Crippen molar-refractivity contribution in [1.29, 1.82) is 0 Å². The summed E-state index contributed by atoms with van der Waals surface area (Å²) in [5.41, 5.74) is 14.6. The third kappa shape index (κ3) is 4.93. The maximum Gasteiger partial charge on any atom is 0.238 e. The molecule has 0 saturated carbocycles. The molecule has 3 aliphatic carbocycles. The molecular formula is C53H38N4S. The number of allylic oxidation sites excluding steroid dienone is 8. The number of para-hydroxylation sites is 1. The van der Waals surface area contributed by atoms with Crippen LogP contribution < -0.4 is 0 Å². The molecule has 0 fully saturated rings. The predicted octanol–water partition coefficient (Wildman–Crippen LogP) is 13.3. The number of hydrogen-bond acceptors (Lipinski definition) is 4. The van der Waals surface area contributed by atoms with E-state index in [4.69, 9.17) is 15.0 Å². The summed E-state index contributed by atoms with van der Waals surface area (Å²) in [6.45, 7) is 2.34. The van der Waals surface area contributed by atoms with Crippen LogP contribution in [0.4, 0.5) is 0 Å². The van der Waals surface area contributed by atoms with Crippen LogP contribution >= 0.6 is 11.8 Å². The number of rotatable bonds is 4. The van der Waals surface area contributed by atoms with Crippen LogP contribution in [0.15, 0.2) is 191 Å². The molecule has 5 heteroatoms. The summed E-state index contributed by atoms with van der Waals surface area (Å²) in [7, 11) is 0. The van der Waals surface area contributed by atoms with Gasteiger partial charge in [-0.3, -0.25) is 4.57 Å². The lowest BCUT2D eigenvalue weighted by Gasteiger charge is -2.43. The predicted molar refractivity (Wildman–Crippen MR) is 239 cm³/mol. The van der Waals surface area contributed by atoms with E-state index in [0.29, 0.717) is 23.5 Å². The van der Waals surface area contributed by atoms with Gasteiger partial charge in [-0.1, -0.05) is 170 Å². The van der Waals surface area contributed by atoms with Crippen molar-refractivity contribution in [3.8, 4) is 39.9 Å². The van der Waals surface area contributed by atoms with Crippen LogP contribution in [0.25, 0.3) is 67.2 Å². The first-order chi connectivity index (χ1) is 28.6. The molecule has 0 amide bonds. The molecule has 0 saturated heterocycles. The van der Waals surface area contributed by atoms with Gasteiger partial charge in [0.2, 0.25) is 5.95 Å². The smallest absolute Gasteiger partial charge is 0.238 e. The fraction of sp³-hybridized carbons (Fsp3) is 0.113. The fourth-order valence-electron chi connectivity index (χ4n) is 9.97. The van der Waals surface area contributed by atoms with Gasteiger partial charge < -0.3 is 0 Å². The molecule has 276 valence electrons. The van der Waals surface area contributed by atoms with E-state index >= 15 is 0 Å². The number of nitrogens with zero attached hydrogens (tertiary/aromatic N) is 4. The summed E-state index contributed by atoms with van der Waals surface area (Å²) in [5, 5.41) is 2.39. The van der Waals surface area contributed by atoms with Crippen molar-refractivity contribution in [2.45, 2.75) is 36.5 Å². The topological polar surface area (TPSA) is 43.6 Å². The molecule has 8 aromatic rings. The van der Waals surface area contributed by atoms with Gasteiger partial charge in [-0.2, -0.15) is 9.97 Å². The Hall–Kier alpha value is -6.56. The highest BCUT2D eigenvalue weighted by Crippen LogP contribution is 2.64. The molecule has 0 bridgehead atoms. The second kappa shape index (κ2) is 13.0. The van der Waals surface area contributed by atoms with Crippen LogP contribution in [-0.4, -0.2) is 19.5 Å². The van der Waals surface area contributed by atoms with E-state index < -0.39 is 0 Å². The van der Waals surface area contributed by atoms with Crippen molar-refractivity contribution in [2.75, 3.05) is 0 Å². The van der Waals surface area contributed by atoms with Crippen LogP contribution in [0.5, 0.6) is 0 Å². The largest absolute Gasteiger partial charge is 0.278 e. The average molecular weight is 763 g/mol. The molecule has 6 aromatic carbocycles. The van der Waals surface area contributed by atoms with E-state index in [1.165, 1.54) is 59.5 Å². The Bertz CT molecular complexity index is 3120. The van der Waals surface area contributed by atoms with Crippen LogP contribution in [0.2, 0.25) is 0 Å². The number of aromatic nitrogens is 4. The second-order valence-corrected chi connectivity index (χ2v) is 17.1. The van der Waals surface area contributed by atoms with Crippen molar-refractivity contribution < 1.29 is 0 Å². The molecule has 1 aliphatic heterocycles. The van der Waals surface area contributed by atoms with Crippen molar-refractivity contribution in [1.82, 2.24) is 19.5 Å². The van der Waals surface area contributed by atoms with E-state index in [2.05, 4.69) is 157 Å². The number of benzene rings is 6. The van der Waals surface area contributed by atoms with Gasteiger partial charge in [0.05, 0.1) is 16.4 Å². The van der Waals surface area contributed by atoms with Gasteiger partial charge >= 0.3 is 0 Å². The molecule has 4 aliphatic rings. The van der Waals surface area contributed by atoms with Crippen molar-refractivity contribution in [3.63, 3.8) is 0 Å². The van der Waals surface area contributed by atoms with Crippen LogP contribution in [0.3, 0.4) is 0 Å². The highest BCUT2D eigenvalue weighted by Gasteiger charge is 2.52. The molecule has 2 unspecified atom stereocenters. The minimum atomic E-state index is -0.375. The van der Waals surface area contributed by atoms with Gasteiger partial charge in [0, 0.05) is 26.8 Å². The van der Waals surface area contributed by atoms with Gasteiger partial charge in [0.1, 0.15) is 0 Å². The Morgan fingerprint density at radius 2 is 1.28 bits per heavy atom. The van der Waals surface area contributed by atoms with E-state index in [1.54, 1.807) is 0 Å². The summed E-state index contributed by atoms with van der Waals surface area (Å²) in [4.78, 5) is 18.5. The van der Waals surface area contributed by atoms with Crippen LogP contribution in [0.1, 0.15) is 42.9 Å². The zero-order valence-electron chi connectivity index (χ0n) is 32.1. The third-order valence-electron chi connectivity index (χ3n) is 12.6. The molecule has 58 heavy (non-hydrogen) atoms. The first-order valence-corrected chi connectivity index (χ1v) is 21.1. The minimum absolute atomic E-state index is 0.375. The monoisotopic (exact) mass is 762 g/mol.